The molecule has 0 radical (unpaired) electrons. The predicted octanol–water partition coefficient (Wildman–Crippen LogP) is 4.90. The molecular weight excluding hydrogens is 592 g/mol. The van der Waals surface area contributed by atoms with E-state index in [2.05, 4.69) is 15.6 Å². The van der Waals surface area contributed by atoms with Gasteiger partial charge in [0.25, 0.3) is 0 Å². The van der Waals surface area contributed by atoms with Crippen LogP contribution in [0.3, 0.4) is 0 Å². The summed E-state index contributed by atoms with van der Waals surface area (Å²) in [5.41, 5.74) is 6.91. The highest BCUT2D eigenvalue weighted by atomic mass is 19.2. The van der Waals surface area contributed by atoms with Crippen molar-refractivity contribution < 1.29 is 27.9 Å². The van der Waals surface area contributed by atoms with Gasteiger partial charge in [-0.05, 0) is 83.7 Å². The molecule has 1 fully saturated rings. The molecule has 2 aromatic carbocycles. The third kappa shape index (κ3) is 9.13. The molecule has 0 aliphatic carbocycles. The fraction of sp³-hybridized carbons (Fsp3) is 0.514. The van der Waals surface area contributed by atoms with E-state index in [1.165, 1.54) is 6.07 Å². The normalized spacial score (nSPS) is 17.7. The van der Waals surface area contributed by atoms with Crippen molar-refractivity contribution >= 4 is 28.7 Å². The summed E-state index contributed by atoms with van der Waals surface area (Å²) in [5, 5.41) is 6.82. The third-order valence-electron chi connectivity index (χ3n) is 8.45. The summed E-state index contributed by atoms with van der Waals surface area (Å²) in [6.45, 7) is 8.76. The maximum atomic E-state index is 14.4. The quantitative estimate of drug-likeness (QED) is 0.156. The molecule has 1 aliphatic heterocycles. The number of rotatable bonds is 13. The summed E-state index contributed by atoms with van der Waals surface area (Å²) >= 11 is 0. The first-order valence-electron chi connectivity index (χ1n) is 16.1. The molecule has 9 nitrogen and oxygen atoms in total. The second-order valence-electron chi connectivity index (χ2n) is 13.2. The number of piperidine rings is 1. The molecule has 1 saturated heterocycles. The van der Waals surface area contributed by atoms with Gasteiger partial charge >= 0.3 is 5.97 Å². The predicted molar refractivity (Wildman–Crippen MR) is 174 cm³/mol. The number of nitrogens with zero attached hydrogens (tertiary/aromatic N) is 1. The lowest BCUT2D eigenvalue weighted by atomic mass is 9.90. The molecule has 5 N–H and O–H groups in total. The number of aromatic nitrogens is 1. The molecule has 0 spiro atoms. The van der Waals surface area contributed by atoms with Crippen LogP contribution in [0.1, 0.15) is 76.8 Å². The Labute approximate surface area is 269 Å². The topological polar surface area (TPSA) is 130 Å². The molecule has 1 aromatic heterocycles. The molecule has 250 valence electrons. The van der Waals surface area contributed by atoms with Gasteiger partial charge in [-0.2, -0.15) is 0 Å². The number of nitrogens with two attached hydrogens (primary N) is 1. The summed E-state index contributed by atoms with van der Waals surface area (Å²) in [6.07, 6.45) is 4.74. The smallest absolute Gasteiger partial charge is 0.329 e. The number of para-hydroxylation sites is 1. The number of carbonyl (C=O) groups is 3. The molecule has 3 aromatic rings. The Kier molecular flexibility index (Phi) is 11.9. The number of unbranched alkanes of at least 4 members (excludes halogenated alkanes) is 1. The Balaban J connectivity index is 1.56. The molecule has 2 amide bonds. The highest BCUT2D eigenvalue weighted by molar-refractivity contribution is 5.93. The number of esters is 1. The SMILES string of the molecule is C[C@@H](c1c[nH]c2ccccc12)C(NC(=O)C1CCCN(Cc2cccc(F)c2F)C1)C(=O)N[C@@H](CCCCN)C(=O)OC(C)(C)C. The van der Waals surface area contributed by atoms with Crippen molar-refractivity contribution in [2.75, 3.05) is 19.6 Å². The number of hydrogen-bond donors (Lipinski definition) is 4. The number of hydrogen-bond acceptors (Lipinski definition) is 6. The summed E-state index contributed by atoms with van der Waals surface area (Å²) in [5.74, 6) is -4.08. The van der Waals surface area contributed by atoms with Crippen LogP contribution in [0, 0.1) is 17.6 Å². The van der Waals surface area contributed by atoms with E-state index in [-0.39, 0.29) is 18.0 Å². The Hall–Kier alpha value is -3.83. The minimum Gasteiger partial charge on any atom is -0.458 e. The van der Waals surface area contributed by atoms with Gasteiger partial charge in [0.2, 0.25) is 11.8 Å². The first-order valence-corrected chi connectivity index (χ1v) is 16.1. The van der Waals surface area contributed by atoms with Crippen LogP contribution in [0.5, 0.6) is 0 Å². The van der Waals surface area contributed by atoms with Gasteiger partial charge in [-0.15, -0.1) is 0 Å². The van der Waals surface area contributed by atoms with Crippen LogP contribution in [0.2, 0.25) is 0 Å². The number of ether oxygens (including phenoxy) is 1. The molecule has 2 unspecified atom stereocenters. The van der Waals surface area contributed by atoms with Gasteiger partial charge in [-0.3, -0.25) is 14.5 Å². The van der Waals surface area contributed by atoms with Crippen molar-refractivity contribution in [1.82, 2.24) is 20.5 Å². The molecule has 2 heterocycles. The van der Waals surface area contributed by atoms with E-state index in [0.29, 0.717) is 51.7 Å². The van der Waals surface area contributed by atoms with Gasteiger partial charge in [0.15, 0.2) is 11.6 Å². The monoisotopic (exact) mass is 639 g/mol. The van der Waals surface area contributed by atoms with Crippen molar-refractivity contribution in [2.24, 2.45) is 11.7 Å². The zero-order chi connectivity index (χ0) is 33.4. The van der Waals surface area contributed by atoms with Crippen molar-refractivity contribution in [3.63, 3.8) is 0 Å². The zero-order valence-electron chi connectivity index (χ0n) is 27.2. The van der Waals surface area contributed by atoms with Crippen molar-refractivity contribution in [2.45, 2.75) is 89.9 Å². The van der Waals surface area contributed by atoms with E-state index in [1.807, 2.05) is 42.3 Å². The van der Waals surface area contributed by atoms with Gasteiger partial charge in [0.05, 0.1) is 5.92 Å². The van der Waals surface area contributed by atoms with Gasteiger partial charge in [0.1, 0.15) is 17.7 Å². The highest BCUT2D eigenvalue weighted by Gasteiger charge is 2.36. The van der Waals surface area contributed by atoms with Gasteiger partial charge in [0, 0.05) is 41.7 Å². The van der Waals surface area contributed by atoms with Crippen LogP contribution in [0.15, 0.2) is 48.7 Å². The lowest BCUT2D eigenvalue weighted by Crippen LogP contribution is -2.56. The van der Waals surface area contributed by atoms with E-state index in [1.54, 1.807) is 26.8 Å². The molecule has 46 heavy (non-hydrogen) atoms. The first kappa shape index (κ1) is 35.0. The Morgan fingerprint density at radius 1 is 1.09 bits per heavy atom. The fourth-order valence-corrected chi connectivity index (χ4v) is 6.04. The number of amides is 2. The second kappa shape index (κ2) is 15.6. The maximum Gasteiger partial charge on any atom is 0.329 e. The molecule has 1 aliphatic rings. The average molecular weight is 640 g/mol. The van der Waals surface area contributed by atoms with Crippen LogP contribution >= 0.6 is 0 Å². The molecule has 4 rings (SSSR count). The van der Waals surface area contributed by atoms with Gasteiger partial charge in [-0.1, -0.05) is 37.3 Å². The molecule has 4 atom stereocenters. The molecule has 11 heteroatoms. The third-order valence-corrected chi connectivity index (χ3v) is 8.45. The Bertz CT molecular complexity index is 1500. The summed E-state index contributed by atoms with van der Waals surface area (Å²) in [4.78, 5) is 46.2. The minimum absolute atomic E-state index is 0.170. The summed E-state index contributed by atoms with van der Waals surface area (Å²) in [7, 11) is 0. The number of fused-ring (bicyclic) bond motifs is 1. The first-order chi connectivity index (χ1) is 21.9. The number of carbonyl (C=O) groups excluding carboxylic acids is 3. The van der Waals surface area contributed by atoms with Crippen LogP contribution in [0.25, 0.3) is 10.9 Å². The van der Waals surface area contributed by atoms with Crippen molar-refractivity contribution in [3.8, 4) is 0 Å². The molecule has 0 bridgehead atoms. The van der Waals surface area contributed by atoms with Crippen molar-refractivity contribution in [1.29, 1.82) is 0 Å². The molecule has 0 saturated carbocycles. The van der Waals surface area contributed by atoms with E-state index >= 15 is 0 Å². The van der Waals surface area contributed by atoms with Crippen LogP contribution in [-0.4, -0.2) is 65.0 Å². The number of nitrogens with one attached hydrogen (secondary N) is 3. The maximum absolute atomic E-state index is 14.4. The average Bonchev–Trinajstić information content (AvgIpc) is 3.45. The second-order valence-corrected chi connectivity index (χ2v) is 13.2. The number of halogens is 2. The highest BCUT2D eigenvalue weighted by Crippen LogP contribution is 2.29. The van der Waals surface area contributed by atoms with E-state index in [9.17, 15) is 23.2 Å². The van der Waals surface area contributed by atoms with Gasteiger partial charge < -0.3 is 26.1 Å². The summed E-state index contributed by atoms with van der Waals surface area (Å²) < 4.78 is 33.8. The Morgan fingerprint density at radius 3 is 2.59 bits per heavy atom. The fourth-order valence-electron chi connectivity index (χ4n) is 6.04. The van der Waals surface area contributed by atoms with Crippen LogP contribution < -0.4 is 16.4 Å². The molecular formula is C35H47F2N5O4. The Morgan fingerprint density at radius 2 is 1.85 bits per heavy atom. The van der Waals surface area contributed by atoms with Crippen LogP contribution in [-0.2, 0) is 25.7 Å². The largest absolute Gasteiger partial charge is 0.458 e. The number of H-pyrrole nitrogens is 1. The van der Waals surface area contributed by atoms with E-state index in [4.69, 9.17) is 10.5 Å². The number of likely N-dealkylation sites (tertiary alicyclic amines) is 1. The minimum atomic E-state index is -1.01. The lowest BCUT2D eigenvalue weighted by Gasteiger charge is -2.34. The summed E-state index contributed by atoms with van der Waals surface area (Å²) in [6, 6.07) is 9.88. The van der Waals surface area contributed by atoms with E-state index < -0.39 is 53.0 Å². The van der Waals surface area contributed by atoms with Gasteiger partial charge in [-0.25, -0.2) is 13.6 Å². The number of benzene rings is 2. The zero-order valence-corrected chi connectivity index (χ0v) is 27.2. The van der Waals surface area contributed by atoms with E-state index in [0.717, 1.165) is 22.5 Å². The van der Waals surface area contributed by atoms with Crippen molar-refractivity contribution in [3.05, 3.63) is 71.4 Å². The standard InChI is InChI=1S/C35H47F2N5O4/c1-22(26-19-39-28-15-6-5-13-25(26)28)31(33(44)40-29(16-7-8-17-38)34(45)46-35(2,3)4)41-32(43)24-12-10-18-42(21-24)20-23-11-9-14-27(36)30(23)37/h5-6,9,11,13-15,19,22,24,29,31,39H,7-8,10,12,16-18,20-21,38H2,1-4H3,(H,40,44)(H,41,43)/t22-,24?,29-,31?/m0/s1. The number of aromatic amines is 1. The van der Waals surface area contributed by atoms with Crippen LogP contribution in [0.4, 0.5) is 8.78 Å². The lowest BCUT2D eigenvalue weighted by molar-refractivity contribution is -0.159.